The first-order valence-corrected chi connectivity index (χ1v) is 7.87. The summed E-state index contributed by atoms with van der Waals surface area (Å²) in [7, 11) is 0. The van der Waals surface area contributed by atoms with Gasteiger partial charge in [-0.2, -0.15) is 0 Å². The summed E-state index contributed by atoms with van der Waals surface area (Å²) in [6.07, 6.45) is 0.345. The van der Waals surface area contributed by atoms with Crippen LogP contribution in [0, 0.1) is 11.7 Å². The summed E-state index contributed by atoms with van der Waals surface area (Å²) in [6.45, 7) is 1.21. The monoisotopic (exact) mass is 327 g/mol. The lowest BCUT2D eigenvalue weighted by molar-refractivity contribution is -0.128. The Bertz CT molecular complexity index is 732. The molecule has 1 aliphatic heterocycles. The highest BCUT2D eigenvalue weighted by molar-refractivity contribution is 5.89. The van der Waals surface area contributed by atoms with Gasteiger partial charge in [0.25, 0.3) is 0 Å². The molecule has 0 spiro atoms. The second-order valence-corrected chi connectivity index (χ2v) is 5.91. The molecule has 2 aromatic carbocycles. The first kappa shape index (κ1) is 16.2. The van der Waals surface area contributed by atoms with Crippen molar-refractivity contribution in [3.05, 3.63) is 71.5 Å². The zero-order chi connectivity index (χ0) is 16.9. The zero-order valence-electron chi connectivity index (χ0n) is 13.2. The predicted molar refractivity (Wildman–Crippen MR) is 86.6 cm³/mol. The third-order valence-electron chi connectivity index (χ3n) is 4.05. The average Bonchev–Trinajstić information content (AvgIpc) is 2.94. The van der Waals surface area contributed by atoms with Crippen LogP contribution in [0.2, 0.25) is 0 Å². The average molecular weight is 327 g/mol. The number of hydrogen-bond acceptors (Lipinski definition) is 3. The molecule has 0 radical (unpaired) electrons. The fourth-order valence-electron chi connectivity index (χ4n) is 2.82. The molecule has 124 valence electrons. The molecule has 0 bridgehead atoms. The topological polar surface area (TPSA) is 46.6 Å². The van der Waals surface area contributed by atoms with Gasteiger partial charge in [0.2, 0.25) is 5.91 Å². The maximum atomic E-state index is 13.5. The van der Waals surface area contributed by atoms with E-state index in [1.807, 2.05) is 30.3 Å². The summed E-state index contributed by atoms with van der Waals surface area (Å²) in [5, 5.41) is 0. The van der Waals surface area contributed by atoms with Gasteiger partial charge in [-0.25, -0.2) is 9.18 Å². The van der Waals surface area contributed by atoms with Crippen LogP contribution in [0.15, 0.2) is 54.6 Å². The first-order chi connectivity index (χ1) is 11.6. The number of nitrogens with zero attached hydrogens (tertiary/aromatic N) is 1. The molecule has 3 rings (SSSR count). The smallest absolute Gasteiger partial charge is 0.341 e. The molecule has 0 N–H and O–H groups in total. The van der Waals surface area contributed by atoms with Crippen LogP contribution in [0.1, 0.15) is 22.3 Å². The minimum Gasteiger partial charge on any atom is -0.462 e. The van der Waals surface area contributed by atoms with Crippen LogP contribution in [0.5, 0.6) is 0 Å². The lowest BCUT2D eigenvalue weighted by Crippen LogP contribution is -2.25. The normalized spacial score (nSPS) is 17.1. The Morgan fingerprint density at radius 2 is 1.83 bits per heavy atom. The number of amides is 1. The Morgan fingerprint density at radius 1 is 1.12 bits per heavy atom. The molecule has 0 aliphatic carbocycles. The highest BCUT2D eigenvalue weighted by Crippen LogP contribution is 2.21. The van der Waals surface area contributed by atoms with E-state index in [1.165, 1.54) is 18.2 Å². The summed E-state index contributed by atoms with van der Waals surface area (Å²) in [4.78, 5) is 25.8. The molecule has 1 saturated heterocycles. The van der Waals surface area contributed by atoms with Gasteiger partial charge in [-0.15, -0.1) is 0 Å². The number of benzene rings is 2. The van der Waals surface area contributed by atoms with Crippen molar-refractivity contribution in [1.29, 1.82) is 0 Å². The number of esters is 1. The van der Waals surface area contributed by atoms with E-state index >= 15 is 0 Å². The number of likely N-dealkylation sites (tertiary alicyclic amines) is 1. The molecule has 0 saturated carbocycles. The van der Waals surface area contributed by atoms with Crippen molar-refractivity contribution in [2.24, 2.45) is 5.92 Å². The van der Waals surface area contributed by atoms with E-state index in [1.54, 1.807) is 11.0 Å². The van der Waals surface area contributed by atoms with Gasteiger partial charge < -0.3 is 9.64 Å². The van der Waals surface area contributed by atoms with Crippen molar-refractivity contribution in [2.75, 3.05) is 13.2 Å². The van der Waals surface area contributed by atoms with E-state index in [2.05, 4.69) is 0 Å². The van der Waals surface area contributed by atoms with Crippen molar-refractivity contribution in [3.63, 3.8) is 0 Å². The first-order valence-electron chi connectivity index (χ1n) is 7.87. The Morgan fingerprint density at radius 3 is 2.58 bits per heavy atom. The second-order valence-electron chi connectivity index (χ2n) is 5.91. The van der Waals surface area contributed by atoms with E-state index in [0.717, 1.165) is 5.56 Å². The maximum Gasteiger partial charge on any atom is 0.341 e. The molecule has 24 heavy (non-hydrogen) atoms. The third-order valence-corrected chi connectivity index (χ3v) is 4.05. The molecule has 5 heteroatoms. The van der Waals surface area contributed by atoms with Gasteiger partial charge in [0.05, 0.1) is 12.2 Å². The Balaban J connectivity index is 1.53. The number of halogens is 1. The van der Waals surface area contributed by atoms with E-state index < -0.39 is 11.8 Å². The minimum absolute atomic E-state index is 0.0470. The van der Waals surface area contributed by atoms with Crippen LogP contribution in [0.25, 0.3) is 0 Å². The largest absolute Gasteiger partial charge is 0.462 e. The summed E-state index contributed by atoms with van der Waals surface area (Å²) in [5.74, 6) is -1.31. The fraction of sp³-hybridized carbons (Fsp3) is 0.263. The lowest BCUT2D eigenvalue weighted by Gasteiger charge is -2.16. The fourth-order valence-corrected chi connectivity index (χ4v) is 2.82. The van der Waals surface area contributed by atoms with Crippen LogP contribution in [-0.4, -0.2) is 29.9 Å². The Kier molecular flexibility index (Phi) is 4.89. The number of ether oxygens (including phenoxy) is 1. The summed E-state index contributed by atoms with van der Waals surface area (Å²) >= 11 is 0. The van der Waals surface area contributed by atoms with Gasteiger partial charge in [0.15, 0.2) is 0 Å². The second kappa shape index (κ2) is 7.25. The molecule has 0 aromatic heterocycles. The molecule has 2 aromatic rings. The summed E-state index contributed by atoms with van der Waals surface area (Å²) in [6, 6.07) is 15.4. The minimum atomic E-state index is -0.693. The Labute approximate surface area is 139 Å². The number of hydrogen-bond donors (Lipinski definition) is 0. The predicted octanol–water partition coefficient (Wildman–Crippen LogP) is 3.03. The van der Waals surface area contributed by atoms with Crippen LogP contribution >= 0.6 is 0 Å². The summed E-state index contributed by atoms with van der Waals surface area (Å²) < 4.78 is 18.7. The number of rotatable bonds is 5. The quantitative estimate of drug-likeness (QED) is 0.793. The molecule has 1 aliphatic rings. The lowest BCUT2D eigenvalue weighted by atomic mass is 10.1. The molecule has 1 heterocycles. The van der Waals surface area contributed by atoms with Gasteiger partial charge in [-0.1, -0.05) is 42.5 Å². The molecular weight excluding hydrogens is 309 g/mol. The molecule has 4 nitrogen and oxygen atoms in total. The van der Waals surface area contributed by atoms with Crippen molar-refractivity contribution in [2.45, 2.75) is 13.0 Å². The molecule has 1 amide bonds. The highest BCUT2D eigenvalue weighted by Gasteiger charge is 2.30. The highest BCUT2D eigenvalue weighted by atomic mass is 19.1. The van der Waals surface area contributed by atoms with Gasteiger partial charge in [0, 0.05) is 25.4 Å². The van der Waals surface area contributed by atoms with Gasteiger partial charge in [-0.3, -0.25) is 4.79 Å². The molecule has 1 fully saturated rings. The number of carbonyl (C=O) groups is 2. The van der Waals surface area contributed by atoms with Crippen LogP contribution in [-0.2, 0) is 16.1 Å². The van der Waals surface area contributed by atoms with Crippen molar-refractivity contribution in [3.8, 4) is 0 Å². The van der Waals surface area contributed by atoms with Crippen molar-refractivity contribution < 1.29 is 18.7 Å². The molecule has 1 atom stereocenters. The van der Waals surface area contributed by atoms with Gasteiger partial charge in [-0.05, 0) is 17.7 Å². The van der Waals surface area contributed by atoms with E-state index in [4.69, 9.17) is 4.74 Å². The zero-order valence-corrected chi connectivity index (χ0v) is 13.2. The SMILES string of the molecule is O=C(OC[C@H]1CC(=O)N(Cc2ccccc2)C1)c1ccccc1F. The summed E-state index contributed by atoms with van der Waals surface area (Å²) in [5.41, 5.74) is 0.984. The van der Waals surface area contributed by atoms with Gasteiger partial charge >= 0.3 is 5.97 Å². The Hall–Kier alpha value is -2.69. The molecular formula is C19H18FNO3. The van der Waals surface area contributed by atoms with Gasteiger partial charge in [0.1, 0.15) is 5.82 Å². The third kappa shape index (κ3) is 3.79. The molecule has 0 unspecified atom stereocenters. The standard InChI is InChI=1S/C19H18FNO3/c20-17-9-5-4-8-16(17)19(23)24-13-15-10-18(22)21(12-15)11-14-6-2-1-3-7-14/h1-9,15H,10-13H2/t15-/m0/s1. The van der Waals surface area contributed by atoms with E-state index in [-0.39, 0.29) is 24.0 Å². The van der Waals surface area contributed by atoms with E-state index in [0.29, 0.717) is 19.5 Å². The van der Waals surface area contributed by atoms with Crippen LogP contribution in [0.3, 0.4) is 0 Å². The van der Waals surface area contributed by atoms with Crippen LogP contribution in [0.4, 0.5) is 4.39 Å². The van der Waals surface area contributed by atoms with Crippen molar-refractivity contribution >= 4 is 11.9 Å². The maximum absolute atomic E-state index is 13.5. The number of carbonyl (C=O) groups excluding carboxylic acids is 2. The van der Waals surface area contributed by atoms with Crippen molar-refractivity contribution in [1.82, 2.24) is 4.90 Å². The van der Waals surface area contributed by atoms with Crippen LogP contribution < -0.4 is 0 Å². The van der Waals surface area contributed by atoms with E-state index in [9.17, 15) is 14.0 Å².